The molecule has 2 rings (SSSR count). The molecule has 1 amide bonds. The van der Waals surface area contributed by atoms with Crippen molar-refractivity contribution in [2.24, 2.45) is 5.92 Å². The number of carbonyl (C=O) groups excluding carboxylic acids is 1. The van der Waals surface area contributed by atoms with E-state index in [4.69, 9.17) is 0 Å². The molecule has 1 aliphatic carbocycles. The highest BCUT2D eigenvalue weighted by molar-refractivity contribution is 7.99. The number of aliphatic hydroxyl groups is 1. The highest BCUT2D eigenvalue weighted by atomic mass is 32.2. The molecule has 1 heterocycles. The fourth-order valence-electron chi connectivity index (χ4n) is 2.91. The summed E-state index contributed by atoms with van der Waals surface area (Å²) in [7, 11) is 0. The molecule has 2 aliphatic rings. The van der Waals surface area contributed by atoms with E-state index >= 15 is 0 Å². The van der Waals surface area contributed by atoms with Gasteiger partial charge >= 0.3 is 0 Å². The zero-order valence-electron chi connectivity index (χ0n) is 11.8. The molecule has 1 aliphatic heterocycles. The van der Waals surface area contributed by atoms with E-state index in [9.17, 15) is 9.90 Å². The number of rotatable bonds is 4. The van der Waals surface area contributed by atoms with Gasteiger partial charge in [0.25, 0.3) is 0 Å². The first-order valence-corrected chi connectivity index (χ1v) is 8.59. The van der Waals surface area contributed by atoms with Crippen molar-refractivity contribution in [1.82, 2.24) is 10.6 Å². The molecule has 0 radical (unpaired) electrons. The molecule has 2 fully saturated rings. The number of thioether (sulfide) groups is 1. The maximum Gasteiger partial charge on any atom is 0.238 e. The number of amides is 1. The molecular formula is C14H26N2O2S. The molecule has 0 bridgehead atoms. The van der Waals surface area contributed by atoms with Crippen LogP contribution in [0.25, 0.3) is 0 Å². The lowest BCUT2D eigenvalue weighted by molar-refractivity contribution is -0.124. The standard InChI is InChI=1S/C14H26N2O2S/c1-2-11-3-5-14(18,6-4-11)10-16-13(17)12-9-19-8-7-15-12/h11-12,15,18H,2-10H2,1H3,(H,16,17). The molecule has 0 aromatic carbocycles. The Labute approximate surface area is 120 Å². The van der Waals surface area contributed by atoms with Crippen molar-refractivity contribution in [1.29, 1.82) is 0 Å². The fourth-order valence-corrected chi connectivity index (χ4v) is 3.84. The van der Waals surface area contributed by atoms with Crippen molar-refractivity contribution in [2.75, 3.05) is 24.6 Å². The number of hydrogen-bond donors (Lipinski definition) is 3. The molecule has 110 valence electrons. The molecule has 19 heavy (non-hydrogen) atoms. The normalized spacial score (nSPS) is 35.9. The molecule has 3 N–H and O–H groups in total. The Morgan fingerprint density at radius 3 is 2.79 bits per heavy atom. The summed E-state index contributed by atoms with van der Waals surface area (Å²) in [5.74, 6) is 2.71. The lowest BCUT2D eigenvalue weighted by Crippen LogP contribution is -2.53. The Kier molecular flexibility index (Phi) is 5.54. The Morgan fingerprint density at radius 1 is 1.47 bits per heavy atom. The minimum absolute atomic E-state index is 0.0400. The van der Waals surface area contributed by atoms with Crippen molar-refractivity contribution >= 4 is 17.7 Å². The molecule has 0 aromatic heterocycles. The second-order valence-electron chi connectivity index (χ2n) is 5.88. The van der Waals surface area contributed by atoms with Crippen LogP contribution >= 0.6 is 11.8 Å². The number of carbonyl (C=O) groups is 1. The van der Waals surface area contributed by atoms with Gasteiger partial charge in [-0.05, 0) is 31.6 Å². The minimum atomic E-state index is -0.677. The van der Waals surface area contributed by atoms with Gasteiger partial charge in [-0.25, -0.2) is 0 Å². The first-order chi connectivity index (χ1) is 9.13. The van der Waals surface area contributed by atoms with Crippen molar-refractivity contribution < 1.29 is 9.90 Å². The van der Waals surface area contributed by atoms with E-state index in [2.05, 4.69) is 17.6 Å². The smallest absolute Gasteiger partial charge is 0.238 e. The van der Waals surface area contributed by atoms with Crippen LogP contribution in [0.4, 0.5) is 0 Å². The molecule has 0 aromatic rings. The summed E-state index contributed by atoms with van der Waals surface area (Å²) >= 11 is 1.81. The van der Waals surface area contributed by atoms with Gasteiger partial charge in [0.05, 0.1) is 11.6 Å². The molecule has 1 unspecified atom stereocenters. The van der Waals surface area contributed by atoms with Crippen LogP contribution in [0.1, 0.15) is 39.0 Å². The van der Waals surface area contributed by atoms with Gasteiger partial charge in [0.15, 0.2) is 0 Å². The first-order valence-electron chi connectivity index (χ1n) is 7.44. The van der Waals surface area contributed by atoms with E-state index in [1.807, 2.05) is 11.8 Å². The van der Waals surface area contributed by atoms with Crippen LogP contribution in [0.3, 0.4) is 0 Å². The van der Waals surface area contributed by atoms with Gasteiger partial charge in [0.2, 0.25) is 5.91 Å². The van der Waals surface area contributed by atoms with E-state index in [-0.39, 0.29) is 11.9 Å². The van der Waals surface area contributed by atoms with Crippen LogP contribution in [-0.2, 0) is 4.79 Å². The summed E-state index contributed by atoms with van der Waals surface area (Å²) in [6, 6.07) is -0.0886. The summed E-state index contributed by atoms with van der Waals surface area (Å²) < 4.78 is 0. The molecule has 0 spiro atoms. The predicted molar refractivity (Wildman–Crippen MR) is 79.3 cm³/mol. The summed E-state index contributed by atoms with van der Waals surface area (Å²) in [4.78, 5) is 12.0. The molecule has 1 saturated heterocycles. The lowest BCUT2D eigenvalue weighted by atomic mass is 9.78. The van der Waals surface area contributed by atoms with Gasteiger partial charge in [-0.1, -0.05) is 13.3 Å². The van der Waals surface area contributed by atoms with Gasteiger partial charge in [-0.3, -0.25) is 4.79 Å². The van der Waals surface area contributed by atoms with Gasteiger partial charge in [-0.2, -0.15) is 11.8 Å². The Bertz CT molecular complexity index is 298. The van der Waals surface area contributed by atoms with Gasteiger partial charge in [-0.15, -0.1) is 0 Å². The monoisotopic (exact) mass is 286 g/mol. The van der Waals surface area contributed by atoms with Gasteiger partial charge < -0.3 is 15.7 Å². The number of nitrogens with one attached hydrogen (secondary N) is 2. The van der Waals surface area contributed by atoms with E-state index in [1.165, 1.54) is 6.42 Å². The zero-order chi connectivity index (χ0) is 13.7. The van der Waals surface area contributed by atoms with E-state index in [0.29, 0.717) is 6.54 Å². The van der Waals surface area contributed by atoms with Crippen molar-refractivity contribution in [3.8, 4) is 0 Å². The highest BCUT2D eigenvalue weighted by Gasteiger charge is 2.33. The van der Waals surface area contributed by atoms with Crippen LogP contribution in [0, 0.1) is 5.92 Å². The van der Waals surface area contributed by atoms with E-state index in [1.54, 1.807) is 0 Å². The Morgan fingerprint density at radius 2 is 2.21 bits per heavy atom. The van der Waals surface area contributed by atoms with Crippen LogP contribution in [0.5, 0.6) is 0 Å². The highest BCUT2D eigenvalue weighted by Crippen LogP contribution is 2.33. The summed E-state index contributed by atoms with van der Waals surface area (Å²) in [6.45, 7) is 3.51. The van der Waals surface area contributed by atoms with E-state index < -0.39 is 5.60 Å². The van der Waals surface area contributed by atoms with Crippen LogP contribution in [-0.4, -0.2) is 47.3 Å². The third-order valence-corrected chi connectivity index (χ3v) is 5.50. The summed E-state index contributed by atoms with van der Waals surface area (Å²) in [5, 5.41) is 16.6. The zero-order valence-corrected chi connectivity index (χ0v) is 12.6. The Hall–Kier alpha value is -0.260. The van der Waals surface area contributed by atoms with Gasteiger partial charge in [0.1, 0.15) is 0 Å². The number of hydrogen-bond acceptors (Lipinski definition) is 4. The fraction of sp³-hybridized carbons (Fsp3) is 0.929. The maximum absolute atomic E-state index is 12.0. The molecule has 4 nitrogen and oxygen atoms in total. The average molecular weight is 286 g/mol. The lowest BCUT2D eigenvalue weighted by Gasteiger charge is -2.36. The second kappa shape index (κ2) is 6.95. The van der Waals surface area contributed by atoms with Crippen molar-refractivity contribution in [3.63, 3.8) is 0 Å². The molecule has 1 atom stereocenters. The topological polar surface area (TPSA) is 61.4 Å². The SMILES string of the molecule is CCC1CCC(O)(CNC(=O)C2CSCCN2)CC1. The molecule has 1 saturated carbocycles. The summed E-state index contributed by atoms with van der Waals surface area (Å²) in [6.07, 6.45) is 5.00. The first kappa shape index (κ1) is 15.1. The molecular weight excluding hydrogens is 260 g/mol. The Balaban J connectivity index is 1.73. The minimum Gasteiger partial charge on any atom is -0.388 e. The van der Waals surface area contributed by atoms with E-state index in [0.717, 1.165) is 49.7 Å². The maximum atomic E-state index is 12.0. The van der Waals surface area contributed by atoms with Crippen LogP contribution in [0.15, 0.2) is 0 Å². The predicted octanol–water partition coefficient (Wildman–Crippen LogP) is 1.14. The summed E-state index contributed by atoms with van der Waals surface area (Å²) in [5.41, 5.74) is -0.677. The van der Waals surface area contributed by atoms with Crippen molar-refractivity contribution in [3.05, 3.63) is 0 Å². The third-order valence-electron chi connectivity index (χ3n) is 4.44. The van der Waals surface area contributed by atoms with Crippen LogP contribution < -0.4 is 10.6 Å². The van der Waals surface area contributed by atoms with Crippen molar-refractivity contribution in [2.45, 2.75) is 50.7 Å². The third kappa shape index (κ3) is 4.36. The quantitative estimate of drug-likeness (QED) is 0.725. The van der Waals surface area contributed by atoms with Crippen LogP contribution in [0.2, 0.25) is 0 Å². The molecule has 5 heteroatoms. The largest absolute Gasteiger partial charge is 0.388 e. The second-order valence-corrected chi connectivity index (χ2v) is 7.03. The average Bonchev–Trinajstić information content (AvgIpc) is 2.47. The van der Waals surface area contributed by atoms with Gasteiger partial charge in [0, 0.05) is 24.6 Å².